The standard InChI is InChI=1S/C16H24N2O2/c1-3-18(15-10-12(19)9-8-11(15)2)16(20)13-6-4-5-7-14(13)17/h8-10,13-14,19H,3-7,17H2,1-2H3. The molecule has 110 valence electrons. The zero-order chi connectivity index (χ0) is 14.7. The number of carbonyl (C=O) groups excluding carboxylic acids is 1. The Morgan fingerprint density at radius 1 is 1.40 bits per heavy atom. The monoisotopic (exact) mass is 276 g/mol. The molecule has 2 rings (SSSR count). The zero-order valence-corrected chi connectivity index (χ0v) is 12.3. The number of hydrogen-bond acceptors (Lipinski definition) is 3. The molecule has 2 atom stereocenters. The molecule has 1 aliphatic rings. The Bertz CT molecular complexity index is 487. The highest BCUT2D eigenvalue weighted by Crippen LogP contribution is 2.30. The van der Waals surface area contributed by atoms with E-state index in [4.69, 9.17) is 5.73 Å². The Morgan fingerprint density at radius 2 is 2.10 bits per heavy atom. The van der Waals surface area contributed by atoms with Gasteiger partial charge in [0.1, 0.15) is 5.75 Å². The summed E-state index contributed by atoms with van der Waals surface area (Å²) in [6.07, 6.45) is 3.98. The van der Waals surface area contributed by atoms with Gasteiger partial charge in [0.15, 0.2) is 0 Å². The Kier molecular flexibility index (Phi) is 4.65. The van der Waals surface area contributed by atoms with E-state index in [-0.39, 0.29) is 23.6 Å². The third-order valence-corrected chi connectivity index (χ3v) is 4.20. The molecule has 2 unspecified atom stereocenters. The second-order valence-electron chi connectivity index (χ2n) is 5.61. The SMILES string of the molecule is CCN(C(=O)C1CCCCC1N)c1cc(O)ccc1C. The van der Waals surface area contributed by atoms with E-state index in [0.29, 0.717) is 6.54 Å². The number of nitrogens with zero attached hydrogens (tertiary/aromatic N) is 1. The highest BCUT2D eigenvalue weighted by Gasteiger charge is 2.32. The van der Waals surface area contributed by atoms with E-state index < -0.39 is 0 Å². The van der Waals surface area contributed by atoms with Gasteiger partial charge in [-0.2, -0.15) is 0 Å². The minimum Gasteiger partial charge on any atom is -0.508 e. The van der Waals surface area contributed by atoms with Gasteiger partial charge < -0.3 is 15.7 Å². The Labute approximate surface area is 120 Å². The first-order valence-electron chi connectivity index (χ1n) is 7.41. The van der Waals surface area contributed by atoms with Crippen LogP contribution in [0.25, 0.3) is 0 Å². The molecule has 1 aliphatic carbocycles. The maximum Gasteiger partial charge on any atom is 0.231 e. The van der Waals surface area contributed by atoms with E-state index in [1.54, 1.807) is 17.0 Å². The van der Waals surface area contributed by atoms with E-state index in [1.807, 2.05) is 19.9 Å². The molecule has 0 aliphatic heterocycles. The number of hydrogen-bond donors (Lipinski definition) is 2. The van der Waals surface area contributed by atoms with Crippen LogP contribution in [0.5, 0.6) is 5.75 Å². The first-order chi connectivity index (χ1) is 9.54. The van der Waals surface area contributed by atoms with Gasteiger partial charge in [-0.1, -0.05) is 18.9 Å². The molecule has 0 heterocycles. The predicted molar refractivity (Wildman–Crippen MR) is 80.8 cm³/mol. The number of aryl methyl sites for hydroxylation is 1. The maximum absolute atomic E-state index is 12.8. The highest BCUT2D eigenvalue weighted by atomic mass is 16.3. The summed E-state index contributed by atoms with van der Waals surface area (Å²) in [5.41, 5.74) is 7.90. The molecule has 0 saturated heterocycles. The van der Waals surface area contributed by atoms with Crippen molar-refractivity contribution in [1.82, 2.24) is 0 Å². The fourth-order valence-electron chi connectivity index (χ4n) is 3.00. The van der Waals surface area contributed by atoms with Crippen molar-refractivity contribution in [3.8, 4) is 5.75 Å². The van der Waals surface area contributed by atoms with E-state index in [1.165, 1.54) is 0 Å². The summed E-state index contributed by atoms with van der Waals surface area (Å²) in [7, 11) is 0. The van der Waals surface area contributed by atoms with Crippen LogP contribution in [0.1, 0.15) is 38.2 Å². The molecule has 1 fully saturated rings. The molecule has 1 saturated carbocycles. The van der Waals surface area contributed by atoms with E-state index >= 15 is 0 Å². The number of anilines is 1. The fraction of sp³-hybridized carbons (Fsp3) is 0.562. The summed E-state index contributed by atoms with van der Waals surface area (Å²) < 4.78 is 0. The molecule has 4 heteroatoms. The van der Waals surface area contributed by atoms with Crippen molar-refractivity contribution in [2.45, 2.75) is 45.6 Å². The van der Waals surface area contributed by atoms with Crippen LogP contribution in [-0.4, -0.2) is 23.6 Å². The molecule has 1 amide bonds. The summed E-state index contributed by atoms with van der Waals surface area (Å²) in [5, 5.41) is 9.66. The summed E-state index contributed by atoms with van der Waals surface area (Å²) in [5.74, 6) is 0.184. The first kappa shape index (κ1) is 14.9. The lowest BCUT2D eigenvalue weighted by Crippen LogP contribution is -2.46. The normalized spacial score (nSPS) is 22.6. The third-order valence-electron chi connectivity index (χ3n) is 4.20. The first-order valence-corrected chi connectivity index (χ1v) is 7.41. The molecular weight excluding hydrogens is 252 g/mol. The Balaban J connectivity index is 2.27. The lowest BCUT2D eigenvalue weighted by atomic mass is 9.84. The smallest absolute Gasteiger partial charge is 0.231 e. The van der Waals surface area contributed by atoms with Gasteiger partial charge in [0.2, 0.25) is 5.91 Å². The molecule has 0 aromatic heterocycles. The van der Waals surface area contributed by atoms with Gasteiger partial charge in [-0.25, -0.2) is 0 Å². The van der Waals surface area contributed by atoms with Gasteiger partial charge in [-0.05, 0) is 38.3 Å². The van der Waals surface area contributed by atoms with Crippen LogP contribution >= 0.6 is 0 Å². The van der Waals surface area contributed by atoms with Crippen molar-refractivity contribution in [3.05, 3.63) is 23.8 Å². The van der Waals surface area contributed by atoms with Gasteiger partial charge in [-0.3, -0.25) is 4.79 Å². The molecule has 4 nitrogen and oxygen atoms in total. The summed E-state index contributed by atoms with van der Waals surface area (Å²) in [6, 6.07) is 5.10. The molecule has 1 aromatic rings. The average Bonchev–Trinajstić information content (AvgIpc) is 2.44. The van der Waals surface area contributed by atoms with Crippen LogP contribution in [-0.2, 0) is 4.79 Å². The summed E-state index contributed by atoms with van der Waals surface area (Å²) >= 11 is 0. The number of phenolic OH excluding ortho intramolecular Hbond substituents is 1. The second kappa shape index (κ2) is 6.27. The molecule has 3 N–H and O–H groups in total. The van der Waals surface area contributed by atoms with Crippen LogP contribution in [0, 0.1) is 12.8 Å². The van der Waals surface area contributed by atoms with Crippen molar-refractivity contribution >= 4 is 11.6 Å². The molecule has 20 heavy (non-hydrogen) atoms. The minimum absolute atomic E-state index is 0.0390. The van der Waals surface area contributed by atoms with Crippen molar-refractivity contribution in [3.63, 3.8) is 0 Å². The van der Waals surface area contributed by atoms with Crippen molar-refractivity contribution in [2.24, 2.45) is 11.7 Å². The van der Waals surface area contributed by atoms with Gasteiger partial charge in [-0.15, -0.1) is 0 Å². The van der Waals surface area contributed by atoms with Crippen LogP contribution in [0.2, 0.25) is 0 Å². The van der Waals surface area contributed by atoms with Crippen LogP contribution < -0.4 is 10.6 Å². The molecular formula is C16H24N2O2. The summed E-state index contributed by atoms with van der Waals surface area (Å²) in [4.78, 5) is 14.5. The number of amides is 1. The van der Waals surface area contributed by atoms with Crippen molar-refractivity contribution in [1.29, 1.82) is 0 Å². The van der Waals surface area contributed by atoms with E-state index in [9.17, 15) is 9.90 Å². The number of phenols is 1. The lowest BCUT2D eigenvalue weighted by Gasteiger charge is -2.33. The van der Waals surface area contributed by atoms with Crippen LogP contribution in [0.15, 0.2) is 18.2 Å². The number of nitrogens with two attached hydrogens (primary N) is 1. The molecule has 1 aromatic carbocycles. The Hall–Kier alpha value is -1.55. The number of carbonyl (C=O) groups is 1. The minimum atomic E-state index is -0.0922. The van der Waals surface area contributed by atoms with E-state index in [0.717, 1.165) is 36.9 Å². The molecule has 0 radical (unpaired) electrons. The molecule has 0 bridgehead atoms. The van der Waals surface area contributed by atoms with Gasteiger partial charge in [0, 0.05) is 18.7 Å². The number of benzene rings is 1. The number of rotatable bonds is 3. The quantitative estimate of drug-likeness (QED) is 0.891. The fourth-order valence-corrected chi connectivity index (χ4v) is 3.00. The van der Waals surface area contributed by atoms with Crippen LogP contribution in [0.4, 0.5) is 5.69 Å². The zero-order valence-electron chi connectivity index (χ0n) is 12.3. The van der Waals surface area contributed by atoms with E-state index in [2.05, 4.69) is 0 Å². The average molecular weight is 276 g/mol. The molecule has 0 spiro atoms. The second-order valence-corrected chi connectivity index (χ2v) is 5.61. The maximum atomic E-state index is 12.8. The van der Waals surface area contributed by atoms with Gasteiger partial charge in [0.25, 0.3) is 0 Å². The predicted octanol–water partition coefficient (Wildman–Crippen LogP) is 2.57. The largest absolute Gasteiger partial charge is 0.508 e. The van der Waals surface area contributed by atoms with Gasteiger partial charge >= 0.3 is 0 Å². The van der Waals surface area contributed by atoms with Crippen molar-refractivity contribution < 1.29 is 9.90 Å². The van der Waals surface area contributed by atoms with Crippen LogP contribution in [0.3, 0.4) is 0 Å². The third kappa shape index (κ3) is 2.96. The number of aromatic hydroxyl groups is 1. The summed E-state index contributed by atoms with van der Waals surface area (Å²) in [6.45, 7) is 4.49. The highest BCUT2D eigenvalue weighted by molar-refractivity contribution is 5.96. The Morgan fingerprint density at radius 3 is 2.75 bits per heavy atom. The van der Waals surface area contributed by atoms with Crippen molar-refractivity contribution in [2.75, 3.05) is 11.4 Å². The lowest BCUT2D eigenvalue weighted by molar-refractivity contribution is -0.123. The van der Waals surface area contributed by atoms with Gasteiger partial charge in [0.05, 0.1) is 11.6 Å². The topological polar surface area (TPSA) is 66.6 Å².